The van der Waals surface area contributed by atoms with Gasteiger partial charge in [0.05, 0.1) is 10.6 Å². The SMILES string of the molecule is CC(C)N(CCC(N)=S)C(=O)c1ccccc1OC(F)F. The van der Waals surface area contributed by atoms with Crippen LogP contribution in [0.1, 0.15) is 30.6 Å². The summed E-state index contributed by atoms with van der Waals surface area (Å²) in [4.78, 5) is 14.3. The predicted molar refractivity (Wildman–Crippen MR) is 80.6 cm³/mol. The predicted octanol–water partition coefficient (Wildman–Crippen LogP) is 2.81. The summed E-state index contributed by atoms with van der Waals surface area (Å²) >= 11 is 4.80. The molecule has 0 bridgehead atoms. The van der Waals surface area contributed by atoms with Crippen molar-refractivity contribution in [1.82, 2.24) is 4.90 Å². The molecule has 0 spiro atoms. The average Bonchev–Trinajstić information content (AvgIpc) is 2.37. The maximum atomic E-state index is 12.5. The standard InChI is InChI=1S/C14H18F2N2O2S/c1-9(2)18(8-7-12(17)21)13(19)10-5-3-4-6-11(10)20-14(15)16/h3-6,9,14H,7-8H2,1-2H3,(H2,17,21). The van der Waals surface area contributed by atoms with Gasteiger partial charge in [-0.3, -0.25) is 4.79 Å². The van der Waals surface area contributed by atoms with Crippen molar-refractivity contribution >= 4 is 23.1 Å². The molecule has 0 aliphatic carbocycles. The fraction of sp³-hybridized carbons (Fsp3) is 0.429. The monoisotopic (exact) mass is 316 g/mol. The van der Waals surface area contributed by atoms with Crippen molar-refractivity contribution in [3.05, 3.63) is 29.8 Å². The third-order valence-corrected chi connectivity index (χ3v) is 3.02. The van der Waals surface area contributed by atoms with Gasteiger partial charge in [-0.1, -0.05) is 24.4 Å². The van der Waals surface area contributed by atoms with Crippen LogP contribution in [0.4, 0.5) is 8.78 Å². The highest BCUT2D eigenvalue weighted by Gasteiger charge is 2.22. The van der Waals surface area contributed by atoms with Crippen molar-refractivity contribution in [2.75, 3.05) is 6.54 Å². The van der Waals surface area contributed by atoms with Gasteiger partial charge >= 0.3 is 6.61 Å². The second-order valence-corrected chi connectivity index (χ2v) is 5.21. The van der Waals surface area contributed by atoms with Crippen molar-refractivity contribution in [2.24, 2.45) is 5.73 Å². The second kappa shape index (κ2) is 7.87. The van der Waals surface area contributed by atoms with Gasteiger partial charge in [0, 0.05) is 19.0 Å². The molecule has 0 heterocycles. The molecule has 1 aromatic carbocycles. The van der Waals surface area contributed by atoms with E-state index < -0.39 is 12.5 Å². The normalized spacial score (nSPS) is 10.8. The van der Waals surface area contributed by atoms with Gasteiger partial charge < -0.3 is 15.4 Å². The average molecular weight is 316 g/mol. The van der Waals surface area contributed by atoms with Crippen LogP contribution in [0.3, 0.4) is 0 Å². The lowest BCUT2D eigenvalue weighted by molar-refractivity contribution is -0.0503. The van der Waals surface area contributed by atoms with Gasteiger partial charge in [0.25, 0.3) is 5.91 Å². The summed E-state index contributed by atoms with van der Waals surface area (Å²) in [6, 6.07) is 5.80. The van der Waals surface area contributed by atoms with E-state index in [1.807, 2.05) is 13.8 Å². The molecule has 0 aliphatic rings. The van der Waals surface area contributed by atoms with Gasteiger partial charge in [-0.2, -0.15) is 8.78 Å². The number of rotatable bonds is 7. The minimum absolute atomic E-state index is 0.0921. The largest absolute Gasteiger partial charge is 0.434 e. The number of carbonyl (C=O) groups is 1. The molecule has 0 radical (unpaired) electrons. The molecule has 1 amide bonds. The molecule has 1 rings (SSSR count). The Balaban J connectivity index is 3.00. The Morgan fingerprint density at radius 2 is 2.00 bits per heavy atom. The summed E-state index contributed by atoms with van der Waals surface area (Å²) in [5.41, 5.74) is 5.54. The van der Waals surface area contributed by atoms with Gasteiger partial charge in [-0.05, 0) is 26.0 Å². The number of hydrogen-bond acceptors (Lipinski definition) is 3. The van der Waals surface area contributed by atoms with Crippen molar-refractivity contribution < 1.29 is 18.3 Å². The molecule has 0 saturated heterocycles. The number of thiocarbonyl (C=S) groups is 1. The lowest BCUT2D eigenvalue weighted by Crippen LogP contribution is -2.39. The van der Waals surface area contributed by atoms with E-state index in [1.54, 1.807) is 6.07 Å². The maximum absolute atomic E-state index is 12.5. The molecule has 0 aliphatic heterocycles. The van der Waals surface area contributed by atoms with E-state index in [0.29, 0.717) is 18.0 Å². The van der Waals surface area contributed by atoms with Crippen LogP contribution in [0.2, 0.25) is 0 Å². The van der Waals surface area contributed by atoms with Crippen LogP contribution >= 0.6 is 12.2 Å². The van der Waals surface area contributed by atoms with Gasteiger partial charge in [0.15, 0.2) is 0 Å². The third kappa shape index (κ3) is 5.26. The first kappa shape index (κ1) is 17.3. The molecule has 0 atom stereocenters. The van der Waals surface area contributed by atoms with E-state index in [4.69, 9.17) is 18.0 Å². The Bertz CT molecular complexity index is 510. The first-order valence-corrected chi connectivity index (χ1v) is 6.87. The van der Waals surface area contributed by atoms with Crippen LogP contribution in [-0.4, -0.2) is 35.0 Å². The topological polar surface area (TPSA) is 55.6 Å². The summed E-state index contributed by atoms with van der Waals surface area (Å²) in [5.74, 6) is -0.532. The molecule has 116 valence electrons. The smallest absolute Gasteiger partial charge is 0.387 e. The molecule has 2 N–H and O–H groups in total. The lowest BCUT2D eigenvalue weighted by atomic mass is 10.1. The van der Waals surface area contributed by atoms with E-state index in [2.05, 4.69) is 4.74 Å². The summed E-state index contributed by atoms with van der Waals surface area (Å²) in [6.45, 7) is 1.000. The van der Waals surface area contributed by atoms with Crippen molar-refractivity contribution in [3.63, 3.8) is 0 Å². The van der Waals surface area contributed by atoms with E-state index in [0.717, 1.165) is 0 Å². The Morgan fingerprint density at radius 3 is 2.52 bits per heavy atom. The molecule has 21 heavy (non-hydrogen) atoms. The molecular formula is C14H18F2N2O2S. The summed E-state index contributed by atoms with van der Waals surface area (Å²) in [5, 5.41) is 0. The number of nitrogens with two attached hydrogens (primary N) is 1. The van der Waals surface area contributed by atoms with Crippen LogP contribution in [0, 0.1) is 0 Å². The molecule has 0 unspecified atom stereocenters. The number of benzene rings is 1. The second-order valence-electron chi connectivity index (χ2n) is 4.68. The van der Waals surface area contributed by atoms with E-state index in [-0.39, 0.29) is 17.4 Å². The number of nitrogens with zero attached hydrogens (tertiary/aromatic N) is 1. The molecular weight excluding hydrogens is 298 g/mol. The molecule has 1 aromatic rings. The fourth-order valence-electron chi connectivity index (χ4n) is 1.82. The number of para-hydroxylation sites is 1. The summed E-state index contributed by atoms with van der Waals surface area (Å²) in [6.07, 6.45) is 0.372. The third-order valence-electron chi connectivity index (χ3n) is 2.82. The number of ether oxygens (including phenoxy) is 1. The van der Waals surface area contributed by atoms with E-state index in [9.17, 15) is 13.6 Å². The van der Waals surface area contributed by atoms with Crippen molar-refractivity contribution in [2.45, 2.75) is 32.9 Å². The van der Waals surface area contributed by atoms with E-state index >= 15 is 0 Å². The van der Waals surface area contributed by atoms with Gasteiger partial charge in [-0.15, -0.1) is 0 Å². The Morgan fingerprint density at radius 1 is 1.38 bits per heavy atom. The Hall–Kier alpha value is -1.76. The Labute approximate surface area is 127 Å². The highest BCUT2D eigenvalue weighted by molar-refractivity contribution is 7.80. The van der Waals surface area contributed by atoms with Gasteiger partial charge in [0.1, 0.15) is 5.75 Å². The Kier molecular flexibility index (Phi) is 6.48. The van der Waals surface area contributed by atoms with Crippen LogP contribution in [0.15, 0.2) is 24.3 Å². The number of alkyl halides is 2. The zero-order valence-electron chi connectivity index (χ0n) is 11.9. The summed E-state index contributed by atoms with van der Waals surface area (Å²) in [7, 11) is 0. The zero-order chi connectivity index (χ0) is 16.0. The first-order valence-electron chi connectivity index (χ1n) is 6.46. The van der Waals surface area contributed by atoms with E-state index in [1.165, 1.54) is 23.1 Å². The zero-order valence-corrected chi connectivity index (χ0v) is 12.7. The van der Waals surface area contributed by atoms with Crippen molar-refractivity contribution in [1.29, 1.82) is 0 Å². The van der Waals surface area contributed by atoms with Crippen LogP contribution in [-0.2, 0) is 0 Å². The summed E-state index contributed by atoms with van der Waals surface area (Å²) < 4.78 is 29.2. The van der Waals surface area contributed by atoms with Crippen LogP contribution in [0.5, 0.6) is 5.75 Å². The van der Waals surface area contributed by atoms with Gasteiger partial charge in [0.2, 0.25) is 0 Å². The minimum Gasteiger partial charge on any atom is -0.434 e. The van der Waals surface area contributed by atoms with Crippen molar-refractivity contribution in [3.8, 4) is 5.75 Å². The molecule has 0 saturated carbocycles. The van der Waals surface area contributed by atoms with Crippen LogP contribution < -0.4 is 10.5 Å². The number of amides is 1. The lowest BCUT2D eigenvalue weighted by Gasteiger charge is -2.27. The number of hydrogen-bond donors (Lipinski definition) is 1. The molecule has 0 fully saturated rings. The molecule has 0 aromatic heterocycles. The fourth-order valence-corrected chi connectivity index (χ4v) is 1.91. The highest BCUT2D eigenvalue weighted by atomic mass is 32.1. The van der Waals surface area contributed by atoms with Crippen LogP contribution in [0.25, 0.3) is 0 Å². The quantitative estimate of drug-likeness (QED) is 0.786. The maximum Gasteiger partial charge on any atom is 0.387 e. The molecule has 4 nitrogen and oxygen atoms in total. The molecule has 7 heteroatoms. The number of carbonyl (C=O) groups excluding carboxylic acids is 1. The van der Waals surface area contributed by atoms with Gasteiger partial charge in [-0.25, -0.2) is 0 Å². The minimum atomic E-state index is -2.98. The number of halogens is 2. The first-order chi connectivity index (χ1) is 9.82. The highest BCUT2D eigenvalue weighted by Crippen LogP contribution is 2.22.